The van der Waals surface area contributed by atoms with Gasteiger partial charge in [0.2, 0.25) is 0 Å². The lowest BCUT2D eigenvalue weighted by atomic mass is 9.86. The number of furan rings is 3. The first-order valence-electron chi connectivity index (χ1n) is 24.7. The molecule has 0 atom stereocenters. The molecule has 3 aromatic heterocycles. The van der Waals surface area contributed by atoms with Crippen LogP contribution in [0.15, 0.2) is 195 Å². The van der Waals surface area contributed by atoms with Crippen LogP contribution in [-0.4, -0.2) is 0 Å². The van der Waals surface area contributed by atoms with E-state index in [9.17, 15) is 0 Å². The van der Waals surface area contributed by atoms with Crippen molar-refractivity contribution in [3.05, 3.63) is 204 Å². The third kappa shape index (κ3) is 6.67. The Morgan fingerprint density at radius 1 is 0.310 bits per heavy atom. The van der Waals surface area contributed by atoms with E-state index >= 15 is 0 Å². The fourth-order valence-electron chi connectivity index (χ4n) is 11.1. The highest BCUT2D eigenvalue weighted by molar-refractivity contribution is 6.28. The van der Waals surface area contributed by atoms with E-state index in [1.807, 2.05) is 0 Å². The Labute approximate surface area is 413 Å². The van der Waals surface area contributed by atoms with Gasteiger partial charge >= 0.3 is 0 Å². The minimum absolute atomic E-state index is 0.106. The van der Waals surface area contributed by atoms with E-state index in [-0.39, 0.29) is 10.8 Å². The van der Waals surface area contributed by atoms with Crippen LogP contribution in [0.3, 0.4) is 0 Å². The summed E-state index contributed by atoms with van der Waals surface area (Å²) in [7, 11) is 0. The second-order valence-corrected chi connectivity index (χ2v) is 21.5. The fraction of sp³-hybridized carbons (Fsp3) is 0.152. The Balaban J connectivity index is 1.10. The number of para-hydroxylation sites is 4. The number of fused-ring (bicyclic) bond motifs is 13. The molecule has 0 saturated carbocycles. The molecule has 0 bridgehead atoms. The lowest BCUT2D eigenvalue weighted by molar-refractivity contribution is 0.572. The van der Waals surface area contributed by atoms with Gasteiger partial charge in [0.05, 0.1) is 22.7 Å². The van der Waals surface area contributed by atoms with Crippen LogP contribution in [0, 0.1) is 13.8 Å². The highest BCUT2D eigenvalue weighted by atomic mass is 16.3. The topological polar surface area (TPSA) is 45.9 Å². The minimum Gasteiger partial charge on any atom is -0.455 e. The Hall–Kier alpha value is -8.28. The standard InChI is InChI=1S/C66H54N2O3/c1-39-29-33-41(34-30-39)67(54-27-15-23-49-47-21-13-25-52(65(3,4)5)61(47)70-63(49)54)56-37-51-59-45-19-11-9-17-43(45)57(38-58(59)69-60(51)46-20-12-10-18-44(46)56)68(42-35-31-40(2)32-36-42)55-28-16-24-50-48-22-14-26-53(66(6,7)8)62(48)71-64(50)55/h9-38H,1-8H3. The summed E-state index contributed by atoms with van der Waals surface area (Å²) in [6.45, 7) is 17.8. The molecule has 13 aromatic rings. The monoisotopic (exact) mass is 922 g/mol. The van der Waals surface area contributed by atoms with E-state index in [2.05, 4.69) is 247 Å². The largest absolute Gasteiger partial charge is 0.455 e. The summed E-state index contributed by atoms with van der Waals surface area (Å²) in [5, 5.41) is 10.8. The Morgan fingerprint density at radius 3 is 1.17 bits per heavy atom. The van der Waals surface area contributed by atoms with Crippen molar-refractivity contribution < 1.29 is 13.3 Å². The molecule has 0 aliphatic heterocycles. The van der Waals surface area contributed by atoms with Gasteiger partial charge in [0, 0.05) is 77.0 Å². The molecule has 0 amide bonds. The molecule has 0 unspecified atom stereocenters. The molecule has 0 N–H and O–H groups in total. The van der Waals surface area contributed by atoms with Crippen molar-refractivity contribution in [2.45, 2.75) is 66.2 Å². The molecular weight excluding hydrogens is 869 g/mol. The van der Waals surface area contributed by atoms with Crippen LogP contribution >= 0.6 is 0 Å². The van der Waals surface area contributed by atoms with Gasteiger partial charge in [-0.25, -0.2) is 0 Å². The van der Waals surface area contributed by atoms with Crippen LogP contribution in [0.25, 0.3) is 87.4 Å². The van der Waals surface area contributed by atoms with Crippen molar-refractivity contribution >= 4 is 121 Å². The van der Waals surface area contributed by atoms with Gasteiger partial charge in [-0.05, 0) is 72.5 Å². The van der Waals surface area contributed by atoms with Gasteiger partial charge in [-0.3, -0.25) is 0 Å². The second kappa shape index (κ2) is 15.6. The third-order valence-electron chi connectivity index (χ3n) is 14.6. The first-order chi connectivity index (χ1) is 34.3. The average Bonchev–Trinajstić information content (AvgIpc) is 4.07. The fourth-order valence-corrected chi connectivity index (χ4v) is 11.1. The van der Waals surface area contributed by atoms with Crippen LogP contribution in [0.4, 0.5) is 34.1 Å². The normalized spacial score (nSPS) is 12.5. The molecule has 0 spiro atoms. The minimum atomic E-state index is -0.107. The van der Waals surface area contributed by atoms with Crippen LogP contribution in [0.1, 0.15) is 63.8 Å². The van der Waals surface area contributed by atoms with E-state index in [1.54, 1.807) is 0 Å². The summed E-state index contributed by atoms with van der Waals surface area (Å²) in [5.41, 5.74) is 15.8. The zero-order valence-electron chi connectivity index (χ0n) is 41.4. The zero-order chi connectivity index (χ0) is 48.5. The molecule has 0 saturated heterocycles. The van der Waals surface area contributed by atoms with Gasteiger partial charge < -0.3 is 23.1 Å². The maximum absolute atomic E-state index is 7.27. The summed E-state index contributed by atoms with van der Waals surface area (Å²) in [4.78, 5) is 4.74. The predicted octanol–water partition coefficient (Wildman–Crippen LogP) is 19.8. The zero-order valence-corrected chi connectivity index (χ0v) is 41.4. The molecule has 0 radical (unpaired) electrons. The maximum atomic E-state index is 7.27. The lowest BCUT2D eigenvalue weighted by Gasteiger charge is -2.27. The SMILES string of the molecule is Cc1ccc(N(c2cc3c(oc4cc(N(c5ccc(C)cc5)c5cccc6c5oc5c(C(C)(C)C)cccc56)c5ccccc5c43)c3ccccc23)c2cccc3c2oc2c(C(C)(C)C)cccc23)cc1. The predicted molar refractivity (Wildman–Crippen MR) is 300 cm³/mol. The van der Waals surface area contributed by atoms with Crippen molar-refractivity contribution in [3.8, 4) is 0 Å². The van der Waals surface area contributed by atoms with Crippen molar-refractivity contribution in [2.24, 2.45) is 0 Å². The Kier molecular flexibility index (Phi) is 9.41. The molecule has 3 heterocycles. The number of aryl methyl sites for hydroxylation is 2. The van der Waals surface area contributed by atoms with E-state index in [0.29, 0.717) is 0 Å². The molecule has 10 aromatic carbocycles. The molecule has 0 fully saturated rings. The number of anilines is 6. The Bertz CT molecular complexity index is 4270. The smallest absolute Gasteiger partial charge is 0.159 e. The van der Waals surface area contributed by atoms with Crippen molar-refractivity contribution in [3.63, 3.8) is 0 Å². The summed E-state index contributed by atoms with van der Waals surface area (Å²) < 4.78 is 21.5. The van der Waals surface area contributed by atoms with Gasteiger partial charge in [0.25, 0.3) is 0 Å². The van der Waals surface area contributed by atoms with Crippen molar-refractivity contribution in [1.82, 2.24) is 0 Å². The van der Waals surface area contributed by atoms with Crippen LogP contribution < -0.4 is 9.80 Å². The maximum Gasteiger partial charge on any atom is 0.159 e. The number of rotatable bonds is 6. The van der Waals surface area contributed by atoms with Crippen LogP contribution in [-0.2, 0) is 10.8 Å². The van der Waals surface area contributed by atoms with E-state index in [0.717, 1.165) is 121 Å². The molecular formula is C66H54N2O3. The number of hydrogen-bond acceptors (Lipinski definition) is 5. The van der Waals surface area contributed by atoms with Gasteiger partial charge in [-0.2, -0.15) is 0 Å². The van der Waals surface area contributed by atoms with Crippen LogP contribution in [0.2, 0.25) is 0 Å². The Morgan fingerprint density at radius 2 is 0.690 bits per heavy atom. The van der Waals surface area contributed by atoms with Gasteiger partial charge in [0.1, 0.15) is 22.3 Å². The summed E-state index contributed by atoms with van der Waals surface area (Å²) in [5.74, 6) is 0. The molecule has 71 heavy (non-hydrogen) atoms. The molecule has 0 aliphatic rings. The summed E-state index contributed by atoms with van der Waals surface area (Å²) in [6, 6.07) is 65.8. The quantitative estimate of drug-likeness (QED) is 0.166. The highest BCUT2D eigenvalue weighted by Gasteiger charge is 2.29. The molecule has 0 aliphatic carbocycles. The molecule has 5 heteroatoms. The van der Waals surface area contributed by atoms with Crippen LogP contribution in [0.5, 0.6) is 0 Å². The first kappa shape index (κ1) is 42.8. The summed E-state index contributed by atoms with van der Waals surface area (Å²) >= 11 is 0. The van der Waals surface area contributed by atoms with Gasteiger partial charge in [-0.1, -0.05) is 186 Å². The first-order valence-corrected chi connectivity index (χ1v) is 24.7. The van der Waals surface area contributed by atoms with Gasteiger partial charge in [-0.15, -0.1) is 0 Å². The average molecular weight is 923 g/mol. The third-order valence-corrected chi connectivity index (χ3v) is 14.6. The van der Waals surface area contributed by atoms with Crippen molar-refractivity contribution in [1.29, 1.82) is 0 Å². The number of hydrogen-bond donors (Lipinski definition) is 0. The van der Waals surface area contributed by atoms with E-state index in [4.69, 9.17) is 13.3 Å². The summed E-state index contributed by atoms with van der Waals surface area (Å²) in [6.07, 6.45) is 0. The molecule has 346 valence electrons. The molecule has 5 nitrogen and oxygen atoms in total. The lowest BCUT2D eigenvalue weighted by Crippen LogP contribution is -2.11. The van der Waals surface area contributed by atoms with E-state index < -0.39 is 0 Å². The molecule has 13 rings (SSSR count). The highest BCUT2D eigenvalue weighted by Crippen LogP contribution is 2.52. The van der Waals surface area contributed by atoms with E-state index in [1.165, 1.54) is 22.3 Å². The number of nitrogens with zero attached hydrogens (tertiary/aromatic N) is 2. The second-order valence-electron chi connectivity index (χ2n) is 21.5. The van der Waals surface area contributed by atoms with Gasteiger partial charge in [0.15, 0.2) is 11.2 Å². The van der Waals surface area contributed by atoms with Crippen molar-refractivity contribution in [2.75, 3.05) is 9.80 Å². The number of benzene rings is 10.